The Labute approximate surface area is 107 Å². The van der Waals surface area contributed by atoms with Crippen molar-refractivity contribution in [2.45, 2.75) is 50.5 Å². The van der Waals surface area contributed by atoms with E-state index in [1.807, 2.05) is 0 Å². The second-order valence-electron chi connectivity index (χ2n) is 5.68. The first-order chi connectivity index (χ1) is 8.56. The molecule has 1 amide bonds. The summed E-state index contributed by atoms with van der Waals surface area (Å²) in [5.41, 5.74) is -0.446. The SMILES string of the molecule is O=C(O)[C@H]1CC[C@@H](C(=O)NC2(CO)CCCC2)C1. The highest BCUT2D eigenvalue weighted by Gasteiger charge is 2.39. The number of hydrogen-bond donors (Lipinski definition) is 3. The van der Waals surface area contributed by atoms with Crippen molar-refractivity contribution in [3.05, 3.63) is 0 Å². The zero-order valence-electron chi connectivity index (χ0n) is 10.5. The molecule has 0 saturated heterocycles. The van der Waals surface area contributed by atoms with Crippen molar-refractivity contribution in [2.75, 3.05) is 6.61 Å². The van der Waals surface area contributed by atoms with E-state index in [2.05, 4.69) is 5.32 Å². The number of aliphatic hydroxyl groups is 1. The van der Waals surface area contributed by atoms with Gasteiger partial charge in [0.15, 0.2) is 0 Å². The van der Waals surface area contributed by atoms with Crippen molar-refractivity contribution in [3.8, 4) is 0 Å². The smallest absolute Gasteiger partial charge is 0.306 e. The fraction of sp³-hybridized carbons (Fsp3) is 0.846. The summed E-state index contributed by atoms with van der Waals surface area (Å²) in [4.78, 5) is 23.0. The van der Waals surface area contributed by atoms with Gasteiger partial charge in [0.25, 0.3) is 0 Å². The molecule has 0 aromatic heterocycles. The van der Waals surface area contributed by atoms with Crippen LogP contribution in [0.5, 0.6) is 0 Å². The van der Waals surface area contributed by atoms with Gasteiger partial charge in [-0.25, -0.2) is 0 Å². The first-order valence-corrected chi connectivity index (χ1v) is 6.72. The average molecular weight is 255 g/mol. The molecule has 2 aliphatic rings. The van der Waals surface area contributed by atoms with E-state index < -0.39 is 11.5 Å². The molecular formula is C13H21NO4. The third-order valence-corrected chi connectivity index (χ3v) is 4.40. The summed E-state index contributed by atoms with van der Waals surface area (Å²) in [7, 11) is 0. The maximum absolute atomic E-state index is 12.1. The first kappa shape index (κ1) is 13.3. The van der Waals surface area contributed by atoms with Crippen molar-refractivity contribution in [2.24, 2.45) is 11.8 Å². The second-order valence-corrected chi connectivity index (χ2v) is 5.68. The molecule has 18 heavy (non-hydrogen) atoms. The number of hydrogen-bond acceptors (Lipinski definition) is 3. The number of amides is 1. The van der Waals surface area contributed by atoms with E-state index >= 15 is 0 Å². The summed E-state index contributed by atoms with van der Waals surface area (Å²) in [5.74, 6) is -1.46. The summed E-state index contributed by atoms with van der Waals surface area (Å²) in [5, 5.41) is 21.3. The van der Waals surface area contributed by atoms with Crippen LogP contribution in [0.2, 0.25) is 0 Å². The van der Waals surface area contributed by atoms with Gasteiger partial charge in [-0.2, -0.15) is 0 Å². The Balaban J connectivity index is 1.90. The van der Waals surface area contributed by atoms with Gasteiger partial charge in [-0.3, -0.25) is 9.59 Å². The van der Waals surface area contributed by atoms with Gasteiger partial charge in [-0.05, 0) is 32.1 Å². The number of aliphatic hydroxyl groups excluding tert-OH is 1. The average Bonchev–Trinajstić information content (AvgIpc) is 2.98. The van der Waals surface area contributed by atoms with Gasteiger partial charge in [0, 0.05) is 5.92 Å². The van der Waals surface area contributed by atoms with Crippen LogP contribution in [0.3, 0.4) is 0 Å². The molecule has 0 spiro atoms. The Morgan fingerprint density at radius 2 is 1.78 bits per heavy atom. The van der Waals surface area contributed by atoms with Crippen LogP contribution >= 0.6 is 0 Å². The topological polar surface area (TPSA) is 86.6 Å². The Morgan fingerprint density at radius 1 is 1.17 bits per heavy atom. The molecule has 0 aromatic carbocycles. The molecule has 2 fully saturated rings. The molecule has 3 N–H and O–H groups in total. The largest absolute Gasteiger partial charge is 0.481 e. The van der Waals surface area contributed by atoms with E-state index in [0.29, 0.717) is 19.3 Å². The quantitative estimate of drug-likeness (QED) is 0.697. The summed E-state index contributed by atoms with van der Waals surface area (Å²) in [6.45, 7) is -0.0200. The number of aliphatic carboxylic acids is 1. The lowest BCUT2D eigenvalue weighted by Gasteiger charge is -2.29. The predicted octanol–water partition coefficient (Wildman–Crippen LogP) is 0.909. The Hall–Kier alpha value is -1.10. The van der Waals surface area contributed by atoms with Crippen molar-refractivity contribution >= 4 is 11.9 Å². The van der Waals surface area contributed by atoms with E-state index in [1.165, 1.54) is 0 Å². The van der Waals surface area contributed by atoms with Gasteiger partial charge < -0.3 is 15.5 Å². The molecule has 0 heterocycles. The number of carbonyl (C=O) groups excluding carboxylic acids is 1. The van der Waals surface area contributed by atoms with E-state index in [-0.39, 0.29) is 24.3 Å². The minimum atomic E-state index is -0.803. The summed E-state index contributed by atoms with van der Waals surface area (Å²) < 4.78 is 0. The van der Waals surface area contributed by atoms with Crippen LogP contribution in [0.15, 0.2) is 0 Å². The third kappa shape index (κ3) is 2.66. The number of carboxylic acids is 1. The molecule has 2 aliphatic carbocycles. The molecule has 2 saturated carbocycles. The number of carbonyl (C=O) groups is 2. The maximum Gasteiger partial charge on any atom is 0.306 e. The summed E-state index contributed by atoms with van der Waals surface area (Å²) >= 11 is 0. The van der Waals surface area contributed by atoms with E-state index in [9.17, 15) is 14.7 Å². The van der Waals surface area contributed by atoms with E-state index in [1.54, 1.807) is 0 Å². The fourth-order valence-corrected chi connectivity index (χ4v) is 3.18. The highest BCUT2D eigenvalue weighted by molar-refractivity contribution is 5.81. The van der Waals surface area contributed by atoms with Gasteiger partial charge in [0.2, 0.25) is 5.91 Å². The van der Waals surface area contributed by atoms with Crippen molar-refractivity contribution < 1.29 is 19.8 Å². The molecule has 0 unspecified atom stereocenters. The van der Waals surface area contributed by atoms with Crippen LogP contribution in [0.1, 0.15) is 44.9 Å². The van der Waals surface area contributed by atoms with Crippen LogP contribution in [0.4, 0.5) is 0 Å². The molecular weight excluding hydrogens is 234 g/mol. The maximum atomic E-state index is 12.1. The van der Waals surface area contributed by atoms with Gasteiger partial charge >= 0.3 is 5.97 Å². The minimum absolute atomic E-state index is 0.0200. The lowest BCUT2D eigenvalue weighted by molar-refractivity contribution is -0.141. The third-order valence-electron chi connectivity index (χ3n) is 4.40. The lowest BCUT2D eigenvalue weighted by Crippen LogP contribution is -2.51. The predicted molar refractivity (Wildman–Crippen MR) is 64.9 cm³/mol. The monoisotopic (exact) mass is 255 g/mol. The standard InChI is InChI=1S/C13H21NO4/c15-8-13(5-1-2-6-13)14-11(16)9-3-4-10(7-9)12(17)18/h9-10,15H,1-8H2,(H,14,16)(H,17,18)/t9-,10+/m1/s1. The van der Waals surface area contributed by atoms with Crippen LogP contribution in [0, 0.1) is 11.8 Å². The van der Waals surface area contributed by atoms with Crippen molar-refractivity contribution in [1.29, 1.82) is 0 Å². The zero-order valence-corrected chi connectivity index (χ0v) is 10.5. The van der Waals surface area contributed by atoms with E-state index in [0.717, 1.165) is 25.7 Å². The van der Waals surface area contributed by atoms with Crippen molar-refractivity contribution in [1.82, 2.24) is 5.32 Å². The molecule has 0 bridgehead atoms. The Morgan fingerprint density at radius 3 is 2.28 bits per heavy atom. The molecule has 2 atom stereocenters. The van der Waals surface area contributed by atoms with Gasteiger partial charge in [-0.1, -0.05) is 12.8 Å². The number of nitrogens with one attached hydrogen (secondary N) is 1. The molecule has 5 heteroatoms. The molecule has 102 valence electrons. The molecule has 2 rings (SSSR count). The van der Waals surface area contributed by atoms with Crippen LogP contribution in [0.25, 0.3) is 0 Å². The fourth-order valence-electron chi connectivity index (χ4n) is 3.18. The van der Waals surface area contributed by atoms with Crippen LogP contribution < -0.4 is 5.32 Å². The molecule has 5 nitrogen and oxygen atoms in total. The lowest BCUT2D eigenvalue weighted by atomic mass is 9.96. The van der Waals surface area contributed by atoms with Gasteiger partial charge in [-0.15, -0.1) is 0 Å². The van der Waals surface area contributed by atoms with Crippen LogP contribution in [-0.2, 0) is 9.59 Å². The molecule has 0 aliphatic heterocycles. The zero-order chi connectivity index (χ0) is 13.2. The van der Waals surface area contributed by atoms with Gasteiger partial charge in [0.05, 0.1) is 18.1 Å². The number of rotatable bonds is 4. The Kier molecular flexibility index (Phi) is 3.90. The van der Waals surface area contributed by atoms with E-state index in [4.69, 9.17) is 5.11 Å². The molecule has 0 aromatic rings. The normalized spacial score (nSPS) is 30.3. The van der Waals surface area contributed by atoms with Crippen LogP contribution in [-0.4, -0.2) is 34.2 Å². The Bertz CT molecular complexity index is 336. The summed E-state index contributed by atoms with van der Waals surface area (Å²) in [6.07, 6.45) is 5.37. The second kappa shape index (κ2) is 5.26. The highest BCUT2D eigenvalue weighted by atomic mass is 16.4. The molecule has 0 radical (unpaired) electrons. The number of carboxylic acid groups (broad SMARTS) is 1. The summed E-state index contributed by atoms with van der Waals surface area (Å²) in [6, 6.07) is 0. The van der Waals surface area contributed by atoms with Gasteiger partial charge in [0.1, 0.15) is 0 Å². The first-order valence-electron chi connectivity index (χ1n) is 6.72. The van der Waals surface area contributed by atoms with Crippen molar-refractivity contribution in [3.63, 3.8) is 0 Å². The minimum Gasteiger partial charge on any atom is -0.481 e. The highest BCUT2D eigenvalue weighted by Crippen LogP contribution is 2.34.